The van der Waals surface area contributed by atoms with Gasteiger partial charge in [0.2, 0.25) is 5.91 Å². The standard InChI is InChI=1S/C15H21N5O/c1-10-13(11(2)20(5)18-10)8-15(21)17-12-6-7-14(16-9-12)19(3)4/h6-7,9H,8H2,1-5H3,(H,17,21). The van der Waals surface area contributed by atoms with Crippen LogP contribution in [0.4, 0.5) is 11.5 Å². The number of amides is 1. The monoisotopic (exact) mass is 287 g/mol. The number of rotatable bonds is 4. The lowest BCUT2D eigenvalue weighted by molar-refractivity contribution is -0.115. The Balaban J connectivity index is 2.04. The van der Waals surface area contributed by atoms with Crippen LogP contribution in [0.1, 0.15) is 17.0 Å². The molecule has 21 heavy (non-hydrogen) atoms. The maximum absolute atomic E-state index is 12.1. The van der Waals surface area contributed by atoms with E-state index in [-0.39, 0.29) is 5.91 Å². The molecule has 2 aromatic heterocycles. The molecular formula is C15H21N5O. The van der Waals surface area contributed by atoms with Gasteiger partial charge in [0, 0.05) is 32.4 Å². The van der Waals surface area contributed by atoms with Crippen LogP contribution in [0, 0.1) is 13.8 Å². The normalized spacial score (nSPS) is 10.5. The van der Waals surface area contributed by atoms with Gasteiger partial charge in [0.1, 0.15) is 5.82 Å². The molecule has 6 heteroatoms. The molecule has 0 aromatic carbocycles. The highest BCUT2D eigenvalue weighted by atomic mass is 16.1. The minimum absolute atomic E-state index is 0.0615. The lowest BCUT2D eigenvalue weighted by Gasteiger charge is -2.11. The van der Waals surface area contributed by atoms with Gasteiger partial charge in [-0.2, -0.15) is 5.10 Å². The van der Waals surface area contributed by atoms with Crippen molar-refractivity contribution in [2.75, 3.05) is 24.3 Å². The maximum atomic E-state index is 12.1. The van der Waals surface area contributed by atoms with E-state index in [1.807, 2.05) is 52.0 Å². The average molecular weight is 287 g/mol. The van der Waals surface area contributed by atoms with Crippen molar-refractivity contribution >= 4 is 17.4 Å². The van der Waals surface area contributed by atoms with Gasteiger partial charge in [-0.1, -0.05) is 0 Å². The zero-order valence-electron chi connectivity index (χ0n) is 13.1. The SMILES string of the molecule is Cc1nn(C)c(C)c1CC(=O)Nc1ccc(N(C)C)nc1. The van der Waals surface area contributed by atoms with Crippen LogP contribution in [0.5, 0.6) is 0 Å². The number of hydrogen-bond donors (Lipinski definition) is 1. The van der Waals surface area contributed by atoms with Crippen molar-refractivity contribution in [3.63, 3.8) is 0 Å². The van der Waals surface area contributed by atoms with E-state index in [9.17, 15) is 4.79 Å². The van der Waals surface area contributed by atoms with Gasteiger partial charge >= 0.3 is 0 Å². The third-order valence-electron chi connectivity index (χ3n) is 3.49. The maximum Gasteiger partial charge on any atom is 0.228 e. The zero-order chi connectivity index (χ0) is 15.6. The first-order valence-electron chi connectivity index (χ1n) is 6.80. The summed E-state index contributed by atoms with van der Waals surface area (Å²) in [5.74, 6) is 0.792. The van der Waals surface area contributed by atoms with Crippen LogP contribution >= 0.6 is 0 Å². The van der Waals surface area contributed by atoms with E-state index in [1.165, 1.54) is 0 Å². The smallest absolute Gasteiger partial charge is 0.228 e. The van der Waals surface area contributed by atoms with Crippen LogP contribution in [0.15, 0.2) is 18.3 Å². The summed E-state index contributed by atoms with van der Waals surface area (Å²) in [6.07, 6.45) is 1.98. The van der Waals surface area contributed by atoms with Crippen molar-refractivity contribution in [3.05, 3.63) is 35.3 Å². The highest BCUT2D eigenvalue weighted by Gasteiger charge is 2.13. The lowest BCUT2D eigenvalue weighted by Crippen LogP contribution is -2.16. The number of pyridine rings is 1. The first-order valence-corrected chi connectivity index (χ1v) is 6.80. The molecule has 0 atom stereocenters. The molecule has 0 spiro atoms. The highest BCUT2D eigenvalue weighted by Crippen LogP contribution is 2.15. The second kappa shape index (κ2) is 5.95. The summed E-state index contributed by atoms with van der Waals surface area (Å²) in [5.41, 5.74) is 3.59. The van der Waals surface area contributed by atoms with Crippen LogP contribution in [0.25, 0.3) is 0 Å². The van der Waals surface area contributed by atoms with Gasteiger partial charge in [0.25, 0.3) is 0 Å². The molecule has 0 saturated heterocycles. The van der Waals surface area contributed by atoms with E-state index in [0.29, 0.717) is 12.1 Å². The largest absolute Gasteiger partial charge is 0.363 e. The van der Waals surface area contributed by atoms with Gasteiger partial charge in [-0.15, -0.1) is 0 Å². The number of nitrogens with one attached hydrogen (secondary N) is 1. The molecule has 0 aliphatic rings. The molecule has 6 nitrogen and oxygen atoms in total. The summed E-state index contributed by atoms with van der Waals surface area (Å²) in [7, 11) is 5.73. The third-order valence-corrected chi connectivity index (χ3v) is 3.49. The van der Waals surface area contributed by atoms with Gasteiger partial charge in [0.05, 0.1) is 24.0 Å². The van der Waals surface area contributed by atoms with E-state index in [4.69, 9.17) is 0 Å². The minimum Gasteiger partial charge on any atom is -0.363 e. The van der Waals surface area contributed by atoms with Crippen LogP contribution in [0.2, 0.25) is 0 Å². The van der Waals surface area contributed by atoms with Crippen molar-refractivity contribution in [1.29, 1.82) is 0 Å². The molecule has 2 aromatic rings. The number of anilines is 2. The van der Waals surface area contributed by atoms with Gasteiger partial charge in [-0.3, -0.25) is 9.48 Å². The summed E-state index contributed by atoms with van der Waals surface area (Å²) in [6, 6.07) is 3.72. The Kier molecular flexibility index (Phi) is 4.26. The summed E-state index contributed by atoms with van der Waals surface area (Å²) in [6.45, 7) is 3.89. The average Bonchev–Trinajstić information content (AvgIpc) is 2.66. The fourth-order valence-electron chi connectivity index (χ4n) is 2.16. The molecule has 0 fully saturated rings. The summed E-state index contributed by atoms with van der Waals surface area (Å²) in [5, 5.41) is 7.18. The first-order chi connectivity index (χ1) is 9.88. The van der Waals surface area contributed by atoms with E-state index < -0.39 is 0 Å². The number of nitrogens with zero attached hydrogens (tertiary/aromatic N) is 4. The molecule has 112 valence electrons. The van der Waals surface area contributed by atoms with Crippen LogP contribution < -0.4 is 10.2 Å². The molecule has 0 aliphatic carbocycles. The predicted molar refractivity (Wildman–Crippen MR) is 83.6 cm³/mol. The Morgan fingerprint density at radius 3 is 2.52 bits per heavy atom. The number of carbonyl (C=O) groups excluding carboxylic acids is 1. The van der Waals surface area contributed by atoms with Gasteiger partial charge < -0.3 is 10.2 Å². The number of aryl methyl sites for hydroxylation is 2. The molecule has 0 radical (unpaired) electrons. The Labute approximate surface area is 124 Å². The second-order valence-corrected chi connectivity index (χ2v) is 5.30. The van der Waals surface area contributed by atoms with Gasteiger partial charge in [-0.05, 0) is 26.0 Å². The van der Waals surface area contributed by atoms with Crippen molar-refractivity contribution in [2.24, 2.45) is 7.05 Å². The van der Waals surface area contributed by atoms with E-state index >= 15 is 0 Å². The topological polar surface area (TPSA) is 63.1 Å². The van der Waals surface area contributed by atoms with Crippen molar-refractivity contribution < 1.29 is 4.79 Å². The molecule has 2 heterocycles. The molecular weight excluding hydrogens is 266 g/mol. The Bertz CT molecular complexity index is 643. The fourth-order valence-corrected chi connectivity index (χ4v) is 2.16. The quantitative estimate of drug-likeness (QED) is 0.929. The molecule has 0 bridgehead atoms. The van der Waals surface area contributed by atoms with Crippen molar-refractivity contribution in [3.8, 4) is 0 Å². The molecule has 1 amide bonds. The summed E-state index contributed by atoms with van der Waals surface area (Å²) >= 11 is 0. The fraction of sp³-hybridized carbons (Fsp3) is 0.400. The summed E-state index contributed by atoms with van der Waals surface area (Å²) < 4.78 is 1.80. The molecule has 1 N–H and O–H groups in total. The van der Waals surface area contributed by atoms with Crippen LogP contribution in [-0.4, -0.2) is 34.8 Å². The second-order valence-electron chi connectivity index (χ2n) is 5.30. The number of hydrogen-bond acceptors (Lipinski definition) is 4. The third kappa shape index (κ3) is 3.39. The molecule has 0 saturated carbocycles. The van der Waals surface area contributed by atoms with Gasteiger partial charge in [-0.25, -0.2) is 4.98 Å². The molecule has 0 aliphatic heterocycles. The zero-order valence-corrected chi connectivity index (χ0v) is 13.1. The number of aromatic nitrogens is 3. The lowest BCUT2D eigenvalue weighted by atomic mass is 10.1. The predicted octanol–water partition coefficient (Wildman–Crippen LogP) is 1.68. The first kappa shape index (κ1) is 15.0. The van der Waals surface area contributed by atoms with Crippen molar-refractivity contribution in [1.82, 2.24) is 14.8 Å². The Morgan fingerprint density at radius 1 is 1.33 bits per heavy atom. The molecule has 0 unspecified atom stereocenters. The highest BCUT2D eigenvalue weighted by molar-refractivity contribution is 5.92. The van der Waals surface area contributed by atoms with E-state index in [2.05, 4.69) is 15.4 Å². The minimum atomic E-state index is -0.0615. The van der Waals surface area contributed by atoms with Crippen LogP contribution in [-0.2, 0) is 18.3 Å². The van der Waals surface area contributed by atoms with Crippen LogP contribution in [0.3, 0.4) is 0 Å². The Hall–Kier alpha value is -2.37. The van der Waals surface area contributed by atoms with Gasteiger partial charge in [0.15, 0.2) is 0 Å². The van der Waals surface area contributed by atoms with E-state index in [0.717, 1.165) is 22.8 Å². The number of carbonyl (C=O) groups is 1. The summed E-state index contributed by atoms with van der Waals surface area (Å²) in [4.78, 5) is 18.3. The molecule has 2 rings (SSSR count). The van der Waals surface area contributed by atoms with Crippen molar-refractivity contribution in [2.45, 2.75) is 20.3 Å². The Morgan fingerprint density at radius 2 is 2.05 bits per heavy atom. The van der Waals surface area contributed by atoms with E-state index in [1.54, 1.807) is 10.9 Å².